The molecular weight excluding hydrogens is 304 g/mol. The minimum absolute atomic E-state index is 0.0168. The molecule has 1 rings (SSSR count). The Morgan fingerprint density at radius 1 is 0.857 bits per heavy atom. The minimum Gasteiger partial charge on any atom is -0.491 e. The van der Waals surface area contributed by atoms with Crippen molar-refractivity contribution in [2.75, 3.05) is 5.73 Å². The summed E-state index contributed by atoms with van der Waals surface area (Å²) in [6, 6.07) is 3.04. The third-order valence-corrected chi connectivity index (χ3v) is 2.12. The molecular formula is C12H13F6NO2. The van der Waals surface area contributed by atoms with E-state index in [1.165, 1.54) is 6.07 Å². The van der Waals surface area contributed by atoms with Crippen LogP contribution in [0.2, 0.25) is 0 Å². The molecule has 0 saturated heterocycles. The number of alkyl halides is 6. The second-order valence-corrected chi connectivity index (χ2v) is 4.49. The van der Waals surface area contributed by atoms with Crippen LogP contribution in [0.15, 0.2) is 18.2 Å². The molecule has 2 N–H and O–H groups in total. The summed E-state index contributed by atoms with van der Waals surface area (Å²) in [6.45, 7) is 3.27. The van der Waals surface area contributed by atoms with E-state index in [-0.39, 0.29) is 17.5 Å². The van der Waals surface area contributed by atoms with Crippen molar-refractivity contribution in [1.82, 2.24) is 0 Å². The van der Waals surface area contributed by atoms with E-state index in [1.807, 2.05) is 0 Å². The molecule has 0 atom stereocenters. The fourth-order valence-electron chi connectivity index (χ4n) is 1.46. The SMILES string of the molecule is CC(C)Oc1cc(N)cc(OC(C(F)(F)F)C(F)(F)F)c1. The van der Waals surface area contributed by atoms with Gasteiger partial charge in [0.25, 0.3) is 6.10 Å². The maximum Gasteiger partial charge on any atom is 0.434 e. The molecule has 0 radical (unpaired) electrons. The van der Waals surface area contributed by atoms with Crippen LogP contribution < -0.4 is 15.2 Å². The van der Waals surface area contributed by atoms with Gasteiger partial charge in [0.05, 0.1) is 6.10 Å². The largest absolute Gasteiger partial charge is 0.491 e. The Labute approximate surface area is 116 Å². The lowest BCUT2D eigenvalue weighted by Gasteiger charge is -2.24. The Bertz CT molecular complexity index is 470. The Morgan fingerprint density at radius 3 is 1.67 bits per heavy atom. The zero-order valence-corrected chi connectivity index (χ0v) is 11.0. The summed E-state index contributed by atoms with van der Waals surface area (Å²) in [7, 11) is 0. The van der Waals surface area contributed by atoms with Crippen molar-refractivity contribution in [3.8, 4) is 11.5 Å². The molecule has 0 aliphatic rings. The standard InChI is InChI=1S/C12H13F6NO2/c1-6(2)20-8-3-7(19)4-9(5-8)21-10(11(13,14)15)12(16,17)18/h3-6,10H,19H2,1-2H3. The van der Waals surface area contributed by atoms with Crippen LogP contribution in [0.3, 0.4) is 0 Å². The quantitative estimate of drug-likeness (QED) is 0.676. The maximum atomic E-state index is 12.4. The summed E-state index contributed by atoms with van der Waals surface area (Å²) < 4.78 is 83.6. The zero-order valence-electron chi connectivity index (χ0n) is 11.0. The van der Waals surface area contributed by atoms with Crippen LogP contribution in [-0.2, 0) is 0 Å². The summed E-state index contributed by atoms with van der Waals surface area (Å²) in [5.41, 5.74) is 5.33. The number of ether oxygens (including phenoxy) is 2. The first-order valence-corrected chi connectivity index (χ1v) is 5.77. The number of nitrogen functional groups attached to an aromatic ring is 1. The topological polar surface area (TPSA) is 44.5 Å². The number of hydrogen-bond acceptors (Lipinski definition) is 3. The molecule has 0 bridgehead atoms. The van der Waals surface area contributed by atoms with Gasteiger partial charge in [-0.1, -0.05) is 0 Å². The molecule has 3 nitrogen and oxygen atoms in total. The molecule has 0 fully saturated rings. The highest BCUT2D eigenvalue weighted by atomic mass is 19.4. The predicted molar refractivity (Wildman–Crippen MR) is 63.1 cm³/mol. The van der Waals surface area contributed by atoms with Crippen LogP contribution in [0, 0.1) is 0 Å². The van der Waals surface area contributed by atoms with Gasteiger partial charge in [-0.3, -0.25) is 0 Å². The van der Waals surface area contributed by atoms with Gasteiger partial charge in [0, 0.05) is 23.9 Å². The summed E-state index contributed by atoms with van der Waals surface area (Å²) >= 11 is 0. The molecule has 0 saturated carbocycles. The van der Waals surface area contributed by atoms with Gasteiger partial charge >= 0.3 is 12.4 Å². The summed E-state index contributed by atoms with van der Waals surface area (Å²) in [6.07, 6.45) is -15.5. The first kappa shape index (κ1) is 17.3. The lowest BCUT2D eigenvalue weighted by molar-refractivity contribution is -0.299. The van der Waals surface area contributed by atoms with Crippen molar-refractivity contribution < 1.29 is 35.8 Å². The van der Waals surface area contributed by atoms with E-state index in [1.54, 1.807) is 13.8 Å². The zero-order chi connectivity index (χ0) is 16.4. The number of halogens is 6. The van der Waals surface area contributed by atoms with Crippen LogP contribution in [0.1, 0.15) is 13.8 Å². The molecule has 0 heterocycles. The molecule has 1 aromatic carbocycles. The Kier molecular flexibility index (Phi) is 4.85. The van der Waals surface area contributed by atoms with E-state index in [2.05, 4.69) is 4.74 Å². The van der Waals surface area contributed by atoms with Crippen molar-refractivity contribution in [1.29, 1.82) is 0 Å². The Balaban J connectivity index is 3.07. The normalized spacial score (nSPS) is 12.9. The molecule has 120 valence electrons. The van der Waals surface area contributed by atoms with Gasteiger partial charge in [-0.25, -0.2) is 0 Å². The Hall–Kier alpha value is -1.80. The maximum absolute atomic E-state index is 12.4. The van der Waals surface area contributed by atoms with E-state index in [4.69, 9.17) is 10.5 Å². The Morgan fingerprint density at radius 2 is 1.29 bits per heavy atom. The molecule has 0 amide bonds. The van der Waals surface area contributed by atoms with E-state index in [0.717, 1.165) is 12.1 Å². The second kappa shape index (κ2) is 5.90. The van der Waals surface area contributed by atoms with Gasteiger partial charge in [-0.05, 0) is 13.8 Å². The van der Waals surface area contributed by atoms with Crippen LogP contribution in [-0.4, -0.2) is 24.6 Å². The lowest BCUT2D eigenvalue weighted by Crippen LogP contribution is -2.46. The van der Waals surface area contributed by atoms with E-state index in [0.29, 0.717) is 0 Å². The number of nitrogens with two attached hydrogens (primary N) is 1. The van der Waals surface area contributed by atoms with Gasteiger partial charge in [0.1, 0.15) is 11.5 Å². The van der Waals surface area contributed by atoms with Gasteiger partial charge < -0.3 is 15.2 Å². The van der Waals surface area contributed by atoms with Crippen LogP contribution in [0.25, 0.3) is 0 Å². The predicted octanol–water partition coefficient (Wildman–Crippen LogP) is 3.93. The average Bonchev–Trinajstić information content (AvgIpc) is 2.20. The lowest BCUT2D eigenvalue weighted by atomic mass is 10.2. The number of hydrogen-bond donors (Lipinski definition) is 1. The smallest absolute Gasteiger partial charge is 0.434 e. The van der Waals surface area contributed by atoms with Crippen molar-refractivity contribution in [2.45, 2.75) is 38.4 Å². The molecule has 9 heteroatoms. The molecule has 0 unspecified atom stereocenters. The molecule has 0 spiro atoms. The number of anilines is 1. The molecule has 0 aliphatic carbocycles. The van der Waals surface area contributed by atoms with E-state index < -0.39 is 24.2 Å². The summed E-state index contributed by atoms with van der Waals surface area (Å²) in [5.74, 6) is -0.659. The van der Waals surface area contributed by atoms with Crippen LogP contribution >= 0.6 is 0 Å². The highest BCUT2D eigenvalue weighted by Gasteiger charge is 2.59. The van der Waals surface area contributed by atoms with Crippen molar-refractivity contribution in [3.63, 3.8) is 0 Å². The van der Waals surface area contributed by atoms with Gasteiger partial charge in [0.15, 0.2) is 0 Å². The van der Waals surface area contributed by atoms with Gasteiger partial charge in [0.2, 0.25) is 0 Å². The van der Waals surface area contributed by atoms with E-state index >= 15 is 0 Å². The molecule has 0 aliphatic heterocycles. The molecule has 1 aromatic rings. The second-order valence-electron chi connectivity index (χ2n) is 4.49. The average molecular weight is 317 g/mol. The summed E-state index contributed by atoms with van der Waals surface area (Å²) in [4.78, 5) is 0. The first-order valence-electron chi connectivity index (χ1n) is 5.77. The first-order chi connectivity index (χ1) is 9.39. The third-order valence-electron chi connectivity index (χ3n) is 2.12. The monoisotopic (exact) mass is 317 g/mol. The van der Waals surface area contributed by atoms with Crippen molar-refractivity contribution in [2.24, 2.45) is 0 Å². The highest BCUT2D eigenvalue weighted by molar-refractivity contribution is 5.50. The summed E-state index contributed by atoms with van der Waals surface area (Å²) in [5, 5.41) is 0. The number of rotatable bonds is 4. The van der Waals surface area contributed by atoms with Gasteiger partial charge in [-0.15, -0.1) is 0 Å². The molecule has 21 heavy (non-hydrogen) atoms. The highest BCUT2D eigenvalue weighted by Crippen LogP contribution is 2.37. The molecule has 0 aromatic heterocycles. The van der Waals surface area contributed by atoms with Crippen molar-refractivity contribution >= 4 is 5.69 Å². The number of benzene rings is 1. The fraction of sp³-hybridized carbons (Fsp3) is 0.500. The van der Waals surface area contributed by atoms with Gasteiger partial charge in [-0.2, -0.15) is 26.3 Å². The van der Waals surface area contributed by atoms with Crippen molar-refractivity contribution in [3.05, 3.63) is 18.2 Å². The van der Waals surface area contributed by atoms with Crippen LogP contribution in [0.4, 0.5) is 32.0 Å². The third kappa shape index (κ3) is 5.24. The minimum atomic E-state index is -5.60. The van der Waals surface area contributed by atoms with E-state index in [9.17, 15) is 26.3 Å². The van der Waals surface area contributed by atoms with Crippen LogP contribution in [0.5, 0.6) is 11.5 Å². The fourth-order valence-corrected chi connectivity index (χ4v) is 1.46.